The third-order valence-corrected chi connectivity index (χ3v) is 4.20. The van der Waals surface area contributed by atoms with Crippen LogP contribution in [-0.4, -0.2) is 55.1 Å². The summed E-state index contributed by atoms with van der Waals surface area (Å²) in [6.07, 6.45) is 0.931. The van der Waals surface area contributed by atoms with E-state index >= 15 is 0 Å². The molecule has 0 spiro atoms. The van der Waals surface area contributed by atoms with Crippen LogP contribution in [-0.2, 0) is 9.53 Å². The van der Waals surface area contributed by atoms with E-state index in [0.717, 1.165) is 12.1 Å². The highest BCUT2D eigenvalue weighted by atomic mass is 19.1. The van der Waals surface area contributed by atoms with Crippen molar-refractivity contribution >= 4 is 17.9 Å². The van der Waals surface area contributed by atoms with Crippen LogP contribution in [0.4, 0.5) is 13.6 Å². The summed E-state index contributed by atoms with van der Waals surface area (Å²) in [4.78, 5) is 37.0. The molecule has 2 rings (SSSR count). The Balaban J connectivity index is 1.68. The summed E-state index contributed by atoms with van der Waals surface area (Å²) in [5, 5.41) is 5.28. The van der Waals surface area contributed by atoms with Gasteiger partial charge in [0.1, 0.15) is 11.6 Å². The van der Waals surface area contributed by atoms with Gasteiger partial charge in [-0.05, 0) is 31.9 Å². The maximum atomic E-state index is 13.5. The lowest BCUT2D eigenvalue weighted by Crippen LogP contribution is -2.47. The Morgan fingerprint density at radius 2 is 1.93 bits per heavy atom. The van der Waals surface area contributed by atoms with Gasteiger partial charge in [0.25, 0.3) is 5.91 Å². The van der Waals surface area contributed by atoms with Gasteiger partial charge in [0, 0.05) is 38.2 Å². The molecule has 3 amide bonds. The van der Waals surface area contributed by atoms with Crippen LogP contribution in [0.5, 0.6) is 0 Å². The number of nitrogens with zero attached hydrogens (tertiary/aromatic N) is 1. The third-order valence-electron chi connectivity index (χ3n) is 4.20. The zero-order valence-electron chi connectivity index (χ0n) is 15.1. The van der Waals surface area contributed by atoms with Gasteiger partial charge in [-0.2, -0.15) is 0 Å². The van der Waals surface area contributed by atoms with E-state index in [1.807, 2.05) is 0 Å². The van der Waals surface area contributed by atoms with Gasteiger partial charge in [0.2, 0.25) is 5.91 Å². The third kappa shape index (κ3) is 6.19. The van der Waals surface area contributed by atoms with Gasteiger partial charge in [-0.25, -0.2) is 13.6 Å². The second-order valence-corrected chi connectivity index (χ2v) is 6.16. The lowest BCUT2D eigenvalue weighted by atomic mass is 10.1. The van der Waals surface area contributed by atoms with Crippen LogP contribution in [0.3, 0.4) is 0 Å². The summed E-state index contributed by atoms with van der Waals surface area (Å²) < 4.78 is 31.3. The maximum Gasteiger partial charge on any atom is 0.409 e. The molecule has 0 radical (unpaired) electrons. The van der Waals surface area contributed by atoms with Gasteiger partial charge in [-0.3, -0.25) is 9.59 Å². The summed E-state index contributed by atoms with van der Waals surface area (Å²) in [6.45, 7) is 3.11. The standard InChI is InChI=1S/C18H23F2N3O4/c1-2-27-18(26)23-9-6-13(7-10-23)22-16(24)5-8-21-17(25)14-4-3-12(19)11-15(14)20/h3-4,11,13H,2,5-10H2,1H3,(H,21,25)(H,22,24). The van der Waals surface area contributed by atoms with Gasteiger partial charge in [0.15, 0.2) is 0 Å². The van der Waals surface area contributed by atoms with E-state index in [4.69, 9.17) is 4.74 Å². The average Bonchev–Trinajstić information content (AvgIpc) is 2.62. The monoisotopic (exact) mass is 383 g/mol. The zero-order valence-corrected chi connectivity index (χ0v) is 15.1. The summed E-state index contributed by atoms with van der Waals surface area (Å²) in [7, 11) is 0. The minimum Gasteiger partial charge on any atom is -0.450 e. The zero-order chi connectivity index (χ0) is 19.8. The summed E-state index contributed by atoms with van der Waals surface area (Å²) >= 11 is 0. The van der Waals surface area contributed by atoms with Gasteiger partial charge in [-0.1, -0.05) is 0 Å². The molecule has 1 saturated heterocycles. The first-order valence-electron chi connectivity index (χ1n) is 8.85. The molecule has 0 atom stereocenters. The van der Waals surface area contributed by atoms with E-state index < -0.39 is 17.5 Å². The van der Waals surface area contributed by atoms with E-state index in [-0.39, 0.29) is 36.6 Å². The van der Waals surface area contributed by atoms with Gasteiger partial charge >= 0.3 is 6.09 Å². The quantitative estimate of drug-likeness (QED) is 0.785. The molecule has 2 N–H and O–H groups in total. The molecular weight excluding hydrogens is 360 g/mol. The van der Waals surface area contributed by atoms with Crippen molar-refractivity contribution in [3.63, 3.8) is 0 Å². The topological polar surface area (TPSA) is 87.7 Å². The number of amides is 3. The summed E-state index contributed by atoms with van der Waals surface area (Å²) in [5.41, 5.74) is -0.275. The number of hydrogen-bond donors (Lipinski definition) is 2. The number of piperidine rings is 1. The van der Waals surface area contributed by atoms with E-state index in [0.29, 0.717) is 38.6 Å². The van der Waals surface area contributed by atoms with E-state index in [9.17, 15) is 23.2 Å². The lowest BCUT2D eigenvalue weighted by molar-refractivity contribution is -0.121. The molecular formula is C18H23F2N3O4. The van der Waals surface area contributed by atoms with Crippen LogP contribution in [0.15, 0.2) is 18.2 Å². The minimum atomic E-state index is -0.953. The van der Waals surface area contributed by atoms with Crippen molar-refractivity contribution in [2.45, 2.75) is 32.2 Å². The highest BCUT2D eigenvalue weighted by Gasteiger charge is 2.24. The molecule has 0 bridgehead atoms. The van der Waals surface area contributed by atoms with Crippen LogP contribution in [0.1, 0.15) is 36.5 Å². The number of likely N-dealkylation sites (tertiary alicyclic amines) is 1. The molecule has 0 unspecified atom stereocenters. The number of rotatable bonds is 6. The summed E-state index contributed by atoms with van der Waals surface area (Å²) in [6, 6.07) is 2.63. The highest BCUT2D eigenvalue weighted by molar-refractivity contribution is 5.94. The fourth-order valence-electron chi connectivity index (χ4n) is 2.78. The first kappa shape index (κ1) is 20.6. The first-order chi connectivity index (χ1) is 12.9. The molecule has 1 fully saturated rings. The molecule has 148 valence electrons. The van der Waals surface area contributed by atoms with E-state index in [2.05, 4.69) is 10.6 Å². The Labute approximate surface area is 156 Å². The number of ether oxygens (including phenoxy) is 1. The Morgan fingerprint density at radius 1 is 1.22 bits per heavy atom. The molecule has 27 heavy (non-hydrogen) atoms. The van der Waals surface area contributed by atoms with Gasteiger partial charge < -0.3 is 20.3 Å². The second kappa shape index (κ2) is 9.84. The maximum absolute atomic E-state index is 13.5. The van der Waals surface area contributed by atoms with Crippen molar-refractivity contribution in [2.75, 3.05) is 26.2 Å². The summed E-state index contributed by atoms with van der Waals surface area (Å²) in [5.74, 6) is -2.67. The Hall–Kier alpha value is -2.71. The van der Waals surface area contributed by atoms with Crippen LogP contribution in [0, 0.1) is 11.6 Å². The number of carbonyl (C=O) groups excluding carboxylic acids is 3. The molecule has 1 aromatic carbocycles. The largest absolute Gasteiger partial charge is 0.450 e. The van der Waals surface area contributed by atoms with Gasteiger partial charge in [-0.15, -0.1) is 0 Å². The Kier molecular flexibility index (Phi) is 7.51. The van der Waals surface area contributed by atoms with Crippen molar-refractivity contribution in [3.05, 3.63) is 35.4 Å². The van der Waals surface area contributed by atoms with Crippen LogP contribution in [0.25, 0.3) is 0 Å². The predicted octanol–water partition coefficient (Wildman–Crippen LogP) is 1.82. The fourth-order valence-corrected chi connectivity index (χ4v) is 2.78. The molecule has 9 heteroatoms. The predicted molar refractivity (Wildman–Crippen MR) is 93.1 cm³/mol. The number of benzene rings is 1. The van der Waals surface area contributed by atoms with Crippen molar-refractivity contribution in [2.24, 2.45) is 0 Å². The van der Waals surface area contributed by atoms with Crippen LogP contribution < -0.4 is 10.6 Å². The molecule has 1 aliphatic heterocycles. The fraction of sp³-hybridized carbons (Fsp3) is 0.500. The van der Waals surface area contributed by atoms with Crippen molar-refractivity contribution < 1.29 is 27.9 Å². The molecule has 0 aliphatic carbocycles. The van der Waals surface area contributed by atoms with E-state index in [1.54, 1.807) is 11.8 Å². The average molecular weight is 383 g/mol. The second-order valence-electron chi connectivity index (χ2n) is 6.16. The molecule has 1 heterocycles. The molecule has 1 aliphatic rings. The lowest BCUT2D eigenvalue weighted by Gasteiger charge is -2.31. The molecule has 0 aromatic heterocycles. The van der Waals surface area contributed by atoms with Crippen LogP contribution in [0.2, 0.25) is 0 Å². The SMILES string of the molecule is CCOC(=O)N1CCC(NC(=O)CCNC(=O)c2ccc(F)cc2F)CC1. The van der Waals surface area contributed by atoms with Crippen molar-refractivity contribution in [1.29, 1.82) is 0 Å². The smallest absolute Gasteiger partial charge is 0.409 e. The Morgan fingerprint density at radius 3 is 2.56 bits per heavy atom. The number of nitrogens with one attached hydrogen (secondary N) is 2. The number of halogens is 2. The minimum absolute atomic E-state index is 0.0309. The Bertz CT molecular complexity index is 691. The normalized spacial score (nSPS) is 14.6. The van der Waals surface area contributed by atoms with Crippen molar-refractivity contribution in [1.82, 2.24) is 15.5 Å². The van der Waals surface area contributed by atoms with Crippen LogP contribution >= 0.6 is 0 Å². The van der Waals surface area contributed by atoms with E-state index in [1.165, 1.54) is 0 Å². The molecule has 1 aromatic rings. The number of hydrogen-bond acceptors (Lipinski definition) is 4. The van der Waals surface area contributed by atoms with Crippen molar-refractivity contribution in [3.8, 4) is 0 Å². The highest BCUT2D eigenvalue weighted by Crippen LogP contribution is 2.12. The number of carbonyl (C=O) groups is 3. The molecule has 0 saturated carbocycles. The molecule has 7 nitrogen and oxygen atoms in total. The first-order valence-corrected chi connectivity index (χ1v) is 8.85. The van der Waals surface area contributed by atoms with Gasteiger partial charge in [0.05, 0.1) is 12.2 Å².